The number of rotatable bonds is 6. The maximum Gasteiger partial charge on any atom is 0.240 e. The molecule has 1 atom stereocenters. The topological polar surface area (TPSA) is 83.3 Å². The Labute approximate surface area is 180 Å². The normalized spacial score (nSPS) is 19.2. The molecule has 1 aromatic carbocycles. The molecule has 2 N–H and O–H groups in total. The Bertz CT molecular complexity index is 1070. The van der Waals surface area contributed by atoms with Crippen LogP contribution in [0.5, 0.6) is 0 Å². The highest BCUT2D eigenvalue weighted by atomic mass is 19.1. The van der Waals surface area contributed by atoms with E-state index < -0.39 is 11.4 Å². The lowest BCUT2D eigenvalue weighted by Gasteiger charge is -2.39. The highest BCUT2D eigenvalue weighted by Gasteiger charge is 2.34. The van der Waals surface area contributed by atoms with Crippen LogP contribution in [0.4, 0.5) is 10.2 Å². The van der Waals surface area contributed by atoms with Crippen LogP contribution >= 0.6 is 0 Å². The number of pyridine rings is 1. The van der Waals surface area contributed by atoms with Gasteiger partial charge >= 0.3 is 0 Å². The minimum Gasteiger partial charge on any atom is -0.386 e. The SMILES string of the molecule is CC(C)c1nc2ccccc2n1CC(=O)NCC1(O)CCCN(c2ccc(F)cn2)C1. The molecule has 3 heterocycles. The van der Waals surface area contributed by atoms with Crippen molar-refractivity contribution in [2.75, 3.05) is 24.5 Å². The van der Waals surface area contributed by atoms with E-state index in [4.69, 9.17) is 0 Å². The molecule has 0 bridgehead atoms. The fraction of sp³-hybridized carbons (Fsp3) is 0.435. The maximum absolute atomic E-state index is 13.2. The van der Waals surface area contributed by atoms with Crippen LogP contribution in [0.3, 0.4) is 0 Å². The third kappa shape index (κ3) is 4.69. The minimum absolute atomic E-state index is 0.146. The molecule has 7 nitrogen and oxygen atoms in total. The van der Waals surface area contributed by atoms with Gasteiger partial charge in [0.15, 0.2) is 0 Å². The molecule has 0 spiro atoms. The number of hydrogen-bond donors (Lipinski definition) is 2. The largest absolute Gasteiger partial charge is 0.386 e. The van der Waals surface area contributed by atoms with Crippen molar-refractivity contribution in [1.29, 1.82) is 0 Å². The Morgan fingerprint density at radius 3 is 2.84 bits per heavy atom. The van der Waals surface area contributed by atoms with Crippen LogP contribution in [0.2, 0.25) is 0 Å². The Balaban J connectivity index is 1.42. The first-order chi connectivity index (χ1) is 14.8. The number of fused-ring (bicyclic) bond motifs is 1. The monoisotopic (exact) mass is 425 g/mol. The van der Waals surface area contributed by atoms with Gasteiger partial charge in [-0.15, -0.1) is 0 Å². The van der Waals surface area contributed by atoms with Crippen molar-refractivity contribution in [2.24, 2.45) is 0 Å². The molecule has 1 saturated heterocycles. The molecular weight excluding hydrogens is 397 g/mol. The van der Waals surface area contributed by atoms with Gasteiger partial charge < -0.3 is 19.9 Å². The first-order valence-electron chi connectivity index (χ1n) is 10.7. The van der Waals surface area contributed by atoms with Gasteiger partial charge in [0.1, 0.15) is 24.0 Å². The van der Waals surface area contributed by atoms with Gasteiger partial charge in [0.2, 0.25) is 5.91 Å². The summed E-state index contributed by atoms with van der Waals surface area (Å²) in [6.45, 7) is 5.46. The number of piperidine rings is 1. The smallest absolute Gasteiger partial charge is 0.240 e. The summed E-state index contributed by atoms with van der Waals surface area (Å²) in [5.74, 6) is 1.10. The lowest BCUT2D eigenvalue weighted by atomic mass is 9.92. The highest BCUT2D eigenvalue weighted by Crippen LogP contribution is 2.25. The Morgan fingerprint density at radius 1 is 1.29 bits per heavy atom. The maximum atomic E-state index is 13.2. The second kappa shape index (κ2) is 8.63. The Kier molecular flexibility index (Phi) is 5.91. The van der Waals surface area contributed by atoms with E-state index in [2.05, 4.69) is 29.1 Å². The van der Waals surface area contributed by atoms with Gasteiger partial charge in [-0.2, -0.15) is 0 Å². The molecule has 1 fully saturated rings. The predicted octanol–water partition coefficient (Wildman–Crippen LogP) is 2.84. The van der Waals surface area contributed by atoms with Crippen LogP contribution in [0.15, 0.2) is 42.6 Å². The van der Waals surface area contributed by atoms with E-state index in [0.717, 1.165) is 29.8 Å². The molecular formula is C23H28FN5O2. The summed E-state index contributed by atoms with van der Waals surface area (Å²) in [7, 11) is 0. The van der Waals surface area contributed by atoms with Crippen LogP contribution in [0.1, 0.15) is 38.4 Å². The lowest BCUT2D eigenvalue weighted by molar-refractivity contribution is -0.123. The number of anilines is 1. The molecule has 1 aliphatic heterocycles. The van der Waals surface area contributed by atoms with Crippen LogP contribution in [-0.2, 0) is 11.3 Å². The fourth-order valence-corrected chi connectivity index (χ4v) is 4.17. The number of aliphatic hydroxyl groups is 1. The average molecular weight is 426 g/mol. The number of nitrogens with zero attached hydrogens (tertiary/aromatic N) is 4. The summed E-state index contributed by atoms with van der Waals surface area (Å²) in [4.78, 5) is 23.5. The summed E-state index contributed by atoms with van der Waals surface area (Å²) in [5.41, 5.74) is 0.723. The first kappa shape index (κ1) is 21.2. The van der Waals surface area contributed by atoms with Crippen molar-refractivity contribution in [2.45, 2.75) is 44.8 Å². The molecule has 1 unspecified atom stereocenters. The number of nitrogens with one attached hydrogen (secondary N) is 1. The van der Waals surface area contributed by atoms with Crippen molar-refractivity contribution >= 4 is 22.8 Å². The number of aromatic nitrogens is 3. The fourth-order valence-electron chi connectivity index (χ4n) is 4.17. The molecule has 3 aromatic rings. The van der Waals surface area contributed by atoms with Crippen molar-refractivity contribution in [3.05, 3.63) is 54.2 Å². The third-order valence-corrected chi connectivity index (χ3v) is 5.71. The van der Waals surface area contributed by atoms with Crippen LogP contribution in [-0.4, -0.2) is 50.8 Å². The average Bonchev–Trinajstić information content (AvgIpc) is 3.12. The van der Waals surface area contributed by atoms with E-state index in [1.165, 1.54) is 12.3 Å². The zero-order valence-corrected chi connectivity index (χ0v) is 17.9. The van der Waals surface area contributed by atoms with E-state index >= 15 is 0 Å². The van der Waals surface area contributed by atoms with E-state index in [-0.39, 0.29) is 24.9 Å². The van der Waals surface area contributed by atoms with Crippen molar-refractivity contribution in [3.8, 4) is 0 Å². The van der Waals surface area contributed by atoms with Gasteiger partial charge in [0.05, 0.1) is 22.8 Å². The van der Waals surface area contributed by atoms with Gasteiger partial charge in [-0.05, 0) is 37.1 Å². The second-order valence-corrected chi connectivity index (χ2v) is 8.56. The molecule has 8 heteroatoms. The van der Waals surface area contributed by atoms with Crippen LogP contribution in [0.25, 0.3) is 11.0 Å². The van der Waals surface area contributed by atoms with Crippen molar-refractivity contribution in [1.82, 2.24) is 19.9 Å². The zero-order valence-electron chi connectivity index (χ0n) is 17.9. The van der Waals surface area contributed by atoms with E-state index in [0.29, 0.717) is 18.8 Å². The highest BCUT2D eigenvalue weighted by molar-refractivity contribution is 5.81. The zero-order chi connectivity index (χ0) is 22.0. The van der Waals surface area contributed by atoms with Gasteiger partial charge in [-0.3, -0.25) is 4.79 Å². The lowest BCUT2D eigenvalue weighted by Crippen LogP contribution is -2.54. The molecule has 2 aromatic heterocycles. The first-order valence-corrected chi connectivity index (χ1v) is 10.7. The van der Waals surface area contributed by atoms with Gasteiger partial charge in [0, 0.05) is 25.6 Å². The van der Waals surface area contributed by atoms with Crippen LogP contribution in [0, 0.1) is 5.82 Å². The number of amides is 1. The van der Waals surface area contributed by atoms with Gasteiger partial charge in [-0.25, -0.2) is 14.4 Å². The van der Waals surface area contributed by atoms with Gasteiger partial charge in [-0.1, -0.05) is 26.0 Å². The molecule has 4 rings (SSSR count). The van der Waals surface area contributed by atoms with E-state index in [9.17, 15) is 14.3 Å². The molecule has 0 radical (unpaired) electrons. The third-order valence-electron chi connectivity index (χ3n) is 5.71. The number of imidazole rings is 1. The molecule has 164 valence electrons. The molecule has 31 heavy (non-hydrogen) atoms. The number of para-hydroxylation sites is 2. The predicted molar refractivity (Wildman–Crippen MR) is 117 cm³/mol. The second-order valence-electron chi connectivity index (χ2n) is 8.56. The Hall–Kier alpha value is -3.00. The van der Waals surface area contributed by atoms with E-state index in [1.807, 2.05) is 33.7 Å². The summed E-state index contributed by atoms with van der Waals surface area (Å²) < 4.78 is 15.1. The van der Waals surface area contributed by atoms with Gasteiger partial charge in [0.25, 0.3) is 0 Å². The van der Waals surface area contributed by atoms with Crippen molar-refractivity contribution < 1.29 is 14.3 Å². The number of carbonyl (C=O) groups is 1. The summed E-state index contributed by atoms with van der Waals surface area (Å²) in [6, 6.07) is 10.7. The Morgan fingerprint density at radius 2 is 2.10 bits per heavy atom. The number of halogens is 1. The number of benzene rings is 1. The quantitative estimate of drug-likeness (QED) is 0.635. The molecule has 1 aliphatic rings. The summed E-state index contributed by atoms with van der Waals surface area (Å²) in [6.07, 6.45) is 2.51. The van der Waals surface area contributed by atoms with Crippen LogP contribution < -0.4 is 10.2 Å². The minimum atomic E-state index is -1.07. The summed E-state index contributed by atoms with van der Waals surface area (Å²) >= 11 is 0. The number of β-amino-alcohol motifs (C(OH)–C–C–N with tert-alkyl or cyclic N) is 1. The summed E-state index contributed by atoms with van der Waals surface area (Å²) in [5, 5.41) is 14.0. The van der Waals surface area contributed by atoms with Crippen molar-refractivity contribution in [3.63, 3.8) is 0 Å². The van der Waals surface area contributed by atoms with E-state index in [1.54, 1.807) is 6.07 Å². The molecule has 0 saturated carbocycles. The molecule has 0 aliphatic carbocycles. The number of carbonyl (C=O) groups excluding carboxylic acids is 1. The number of hydrogen-bond acceptors (Lipinski definition) is 5. The standard InChI is InChI=1S/C23H28FN5O2/c1-16(2)22-27-18-6-3-4-7-19(18)29(22)13-21(30)26-14-23(31)10-5-11-28(15-23)20-9-8-17(24)12-25-20/h3-4,6-9,12,16,31H,5,10-11,13-15H2,1-2H3,(H,26,30). The molecule has 1 amide bonds.